The molecule has 0 N–H and O–H groups in total. The van der Waals surface area contributed by atoms with Crippen LogP contribution in [0, 0.1) is 0 Å². The first-order valence-electron chi connectivity index (χ1n) is 7.70. The van der Waals surface area contributed by atoms with Gasteiger partial charge in [-0.1, -0.05) is 6.92 Å². The molecular formula is C16H21N5O. The van der Waals surface area contributed by atoms with Crippen molar-refractivity contribution in [3.05, 3.63) is 24.0 Å². The number of hydrogen-bond acceptors (Lipinski definition) is 5. The summed E-state index contributed by atoms with van der Waals surface area (Å²) in [6.07, 6.45) is 0.815. The van der Waals surface area contributed by atoms with Crippen LogP contribution in [0.4, 0.5) is 5.82 Å². The molecule has 0 bridgehead atoms. The van der Waals surface area contributed by atoms with Gasteiger partial charge in [0.15, 0.2) is 5.82 Å². The van der Waals surface area contributed by atoms with Gasteiger partial charge >= 0.3 is 0 Å². The van der Waals surface area contributed by atoms with Gasteiger partial charge in [0, 0.05) is 25.6 Å². The minimum atomic E-state index is 0.807. The average Bonchev–Trinajstić information content (AvgIpc) is 3.00. The Kier molecular flexibility index (Phi) is 3.83. The van der Waals surface area contributed by atoms with Crippen molar-refractivity contribution in [3.8, 4) is 5.75 Å². The Labute approximate surface area is 129 Å². The van der Waals surface area contributed by atoms with Gasteiger partial charge in [-0.15, -0.1) is 10.2 Å². The first-order valence-corrected chi connectivity index (χ1v) is 7.70. The second-order valence-electron chi connectivity index (χ2n) is 5.09. The summed E-state index contributed by atoms with van der Waals surface area (Å²) in [5, 5.41) is 8.72. The van der Waals surface area contributed by atoms with E-state index in [1.165, 1.54) is 0 Å². The normalized spacial score (nSPS) is 11.3. The van der Waals surface area contributed by atoms with Gasteiger partial charge in [-0.3, -0.25) is 4.40 Å². The summed E-state index contributed by atoms with van der Waals surface area (Å²) in [6.45, 7) is 8.10. The number of anilines is 1. The number of hydrogen-bond donors (Lipinski definition) is 0. The van der Waals surface area contributed by atoms with Crippen LogP contribution in [0.15, 0.2) is 18.2 Å². The molecular weight excluding hydrogens is 278 g/mol. The molecule has 0 saturated carbocycles. The second kappa shape index (κ2) is 5.79. The molecule has 0 saturated heterocycles. The lowest BCUT2D eigenvalue weighted by Crippen LogP contribution is -2.24. The Bertz CT molecular complexity index is 807. The van der Waals surface area contributed by atoms with Gasteiger partial charge in [0.2, 0.25) is 5.65 Å². The van der Waals surface area contributed by atoms with Crippen LogP contribution in [0.5, 0.6) is 5.75 Å². The number of fused-ring (bicyclic) bond motifs is 3. The molecule has 116 valence electrons. The first kappa shape index (κ1) is 14.6. The summed E-state index contributed by atoms with van der Waals surface area (Å²) in [5.74, 6) is 2.63. The standard InChI is InChI=1S/C16H21N5O/c1-5-14-18-19-16-15(20(6-2)7-3)17-12-9-8-11(22-4)10-13(12)21(14)16/h8-10H,5-7H2,1-4H3. The smallest absolute Gasteiger partial charge is 0.204 e. The van der Waals surface area contributed by atoms with Gasteiger partial charge in [0.1, 0.15) is 11.6 Å². The Balaban J connectivity index is 2.40. The molecule has 0 amide bonds. The topological polar surface area (TPSA) is 55.5 Å². The Morgan fingerprint density at radius 3 is 2.55 bits per heavy atom. The van der Waals surface area contributed by atoms with Crippen molar-refractivity contribution < 1.29 is 4.74 Å². The number of aryl methyl sites for hydroxylation is 1. The highest BCUT2D eigenvalue weighted by Gasteiger charge is 2.17. The van der Waals surface area contributed by atoms with Crippen LogP contribution in [0.25, 0.3) is 16.7 Å². The number of ether oxygens (including phenoxy) is 1. The van der Waals surface area contributed by atoms with Crippen molar-refractivity contribution in [1.29, 1.82) is 0 Å². The highest BCUT2D eigenvalue weighted by molar-refractivity contribution is 5.84. The van der Waals surface area contributed by atoms with Gasteiger partial charge in [0.05, 0.1) is 18.1 Å². The summed E-state index contributed by atoms with van der Waals surface area (Å²) in [7, 11) is 1.67. The maximum Gasteiger partial charge on any atom is 0.204 e. The fourth-order valence-electron chi connectivity index (χ4n) is 2.75. The summed E-state index contributed by atoms with van der Waals surface area (Å²) in [6, 6.07) is 5.91. The average molecular weight is 299 g/mol. The number of aromatic nitrogens is 4. The molecule has 3 aromatic rings. The van der Waals surface area contributed by atoms with Crippen molar-refractivity contribution in [2.45, 2.75) is 27.2 Å². The molecule has 0 fully saturated rings. The number of nitrogens with zero attached hydrogens (tertiary/aromatic N) is 5. The minimum absolute atomic E-state index is 0.807. The highest BCUT2D eigenvalue weighted by atomic mass is 16.5. The molecule has 0 aliphatic heterocycles. The van der Waals surface area contributed by atoms with E-state index in [2.05, 4.69) is 40.3 Å². The second-order valence-corrected chi connectivity index (χ2v) is 5.09. The quantitative estimate of drug-likeness (QED) is 0.725. The number of rotatable bonds is 5. The van der Waals surface area contributed by atoms with Crippen molar-refractivity contribution in [2.24, 2.45) is 0 Å². The zero-order valence-corrected chi connectivity index (χ0v) is 13.5. The van der Waals surface area contributed by atoms with E-state index in [1.807, 2.05) is 18.2 Å². The van der Waals surface area contributed by atoms with Crippen LogP contribution in [0.2, 0.25) is 0 Å². The predicted molar refractivity (Wildman–Crippen MR) is 87.8 cm³/mol. The maximum absolute atomic E-state index is 5.35. The molecule has 0 radical (unpaired) electrons. The van der Waals surface area contributed by atoms with Gasteiger partial charge < -0.3 is 9.64 Å². The van der Waals surface area contributed by atoms with Crippen molar-refractivity contribution >= 4 is 22.5 Å². The predicted octanol–water partition coefficient (Wildman–Crippen LogP) is 2.69. The molecule has 0 atom stereocenters. The molecule has 0 unspecified atom stereocenters. The lowest BCUT2D eigenvalue weighted by Gasteiger charge is -2.21. The fourth-order valence-corrected chi connectivity index (χ4v) is 2.75. The summed E-state index contributed by atoms with van der Waals surface area (Å²) >= 11 is 0. The van der Waals surface area contributed by atoms with Gasteiger partial charge in [0.25, 0.3) is 0 Å². The van der Waals surface area contributed by atoms with Crippen LogP contribution >= 0.6 is 0 Å². The van der Waals surface area contributed by atoms with Crippen LogP contribution in [-0.2, 0) is 6.42 Å². The van der Waals surface area contributed by atoms with Crippen LogP contribution in [0.3, 0.4) is 0 Å². The van der Waals surface area contributed by atoms with E-state index in [-0.39, 0.29) is 0 Å². The van der Waals surface area contributed by atoms with Gasteiger partial charge in [-0.25, -0.2) is 4.98 Å². The lowest BCUT2D eigenvalue weighted by molar-refractivity contribution is 0.415. The Morgan fingerprint density at radius 1 is 1.14 bits per heavy atom. The fraction of sp³-hybridized carbons (Fsp3) is 0.438. The third kappa shape index (κ3) is 2.15. The SMILES string of the molecule is CCc1nnc2c(N(CC)CC)nc3ccc(OC)cc3n12. The molecule has 22 heavy (non-hydrogen) atoms. The van der Waals surface area contributed by atoms with Crippen LogP contribution < -0.4 is 9.64 Å². The molecule has 0 aliphatic rings. The zero-order valence-electron chi connectivity index (χ0n) is 13.5. The monoisotopic (exact) mass is 299 g/mol. The van der Waals surface area contributed by atoms with Crippen molar-refractivity contribution in [3.63, 3.8) is 0 Å². The van der Waals surface area contributed by atoms with E-state index in [1.54, 1.807) is 7.11 Å². The first-order chi connectivity index (χ1) is 10.7. The molecule has 6 nitrogen and oxygen atoms in total. The van der Waals surface area contributed by atoms with E-state index in [0.29, 0.717) is 0 Å². The van der Waals surface area contributed by atoms with Gasteiger partial charge in [-0.05, 0) is 26.0 Å². The molecule has 2 aromatic heterocycles. The number of benzene rings is 1. The van der Waals surface area contributed by atoms with Crippen LogP contribution in [-0.4, -0.2) is 39.8 Å². The van der Waals surface area contributed by atoms with Gasteiger partial charge in [-0.2, -0.15) is 0 Å². The third-order valence-corrected chi connectivity index (χ3v) is 3.96. The zero-order chi connectivity index (χ0) is 15.7. The third-order valence-electron chi connectivity index (χ3n) is 3.96. The van der Waals surface area contributed by atoms with E-state index in [0.717, 1.165) is 53.6 Å². The van der Waals surface area contributed by atoms with Crippen LogP contribution in [0.1, 0.15) is 26.6 Å². The summed E-state index contributed by atoms with van der Waals surface area (Å²) in [5.41, 5.74) is 2.71. The molecule has 1 aromatic carbocycles. The van der Waals surface area contributed by atoms with Crippen molar-refractivity contribution in [1.82, 2.24) is 19.6 Å². The Hall–Kier alpha value is -2.37. The molecule has 3 rings (SSSR count). The number of methoxy groups -OCH3 is 1. The molecule has 6 heteroatoms. The molecule has 0 spiro atoms. The summed E-state index contributed by atoms with van der Waals surface area (Å²) in [4.78, 5) is 7.02. The van der Waals surface area contributed by atoms with Crippen molar-refractivity contribution in [2.75, 3.05) is 25.1 Å². The largest absolute Gasteiger partial charge is 0.497 e. The highest BCUT2D eigenvalue weighted by Crippen LogP contribution is 2.27. The molecule has 0 aliphatic carbocycles. The van der Waals surface area contributed by atoms with E-state index in [4.69, 9.17) is 9.72 Å². The van der Waals surface area contributed by atoms with E-state index in [9.17, 15) is 0 Å². The molecule has 2 heterocycles. The minimum Gasteiger partial charge on any atom is -0.497 e. The maximum atomic E-state index is 5.35. The lowest BCUT2D eigenvalue weighted by atomic mass is 10.2. The van der Waals surface area contributed by atoms with E-state index >= 15 is 0 Å². The summed E-state index contributed by atoms with van der Waals surface area (Å²) < 4.78 is 7.44. The van der Waals surface area contributed by atoms with E-state index < -0.39 is 0 Å². The Morgan fingerprint density at radius 2 is 1.91 bits per heavy atom.